The van der Waals surface area contributed by atoms with Crippen molar-refractivity contribution in [3.63, 3.8) is 0 Å². The molecule has 180 valence electrons. The van der Waals surface area contributed by atoms with Crippen LogP contribution in [0.2, 0.25) is 0 Å². The van der Waals surface area contributed by atoms with Gasteiger partial charge in [-0.15, -0.1) is 0 Å². The first-order valence-electron chi connectivity index (χ1n) is 12.8. The lowest BCUT2D eigenvalue weighted by molar-refractivity contribution is -0.128. The van der Waals surface area contributed by atoms with Crippen LogP contribution in [0.1, 0.15) is 40.5 Å². The van der Waals surface area contributed by atoms with Crippen molar-refractivity contribution in [1.82, 2.24) is 0 Å². The van der Waals surface area contributed by atoms with Crippen LogP contribution < -0.4 is 15.9 Å². The smallest absolute Gasteiger partial charge is 0.136 e. The predicted octanol–water partition coefficient (Wildman–Crippen LogP) is 7.12. The van der Waals surface area contributed by atoms with E-state index in [-0.39, 0.29) is 17.3 Å². The third-order valence-corrected chi connectivity index (χ3v) is 12.1. The van der Waals surface area contributed by atoms with Crippen LogP contribution in [-0.2, 0) is 4.79 Å². The van der Waals surface area contributed by atoms with Gasteiger partial charge in [0.1, 0.15) is 29.0 Å². The van der Waals surface area contributed by atoms with Crippen LogP contribution in [-0.4, -0.2) is 11.9 Å². The first-order valence-corrected chi connectivity index (χ1v) is 14.7. The molecule has 2 atom stereocenters. The van der Waals surface area contributed by atoms with Crippen LogP contribution in [0.25, 0.3) is 0 Å². The molecular weight excluding hydrogens is 443 g/mol. The fraction of sp³-hybridized carbons (Fsp3) is 0.303. The van der Waals surface area contributed by atoms with Gasteiger partial charge in [0.05, 0.1) is 6.16 Å². The first-order chi connectivity index (χ1) is 16.8. The molecule has 0 N–H and O–H groups in total. The highest BCUT2D eigenvalue weighted by Gasteiger charge is 2.44. The molecule has 2 heteroatoms. The molecule has 4 rings (SSSR count). The number of carbonyl (C=O) groups excluding carboxylic acids is 1. The number of carbonyl (C=O) groups is 1. The highest BCUT2D eigenvalue weighted by molar-refractivity contribution is 7.95. The standard InChI is InChI=1S/C33H38OP/c1-26(20-21-31-27(2)32(34)22-24-33(31,3)4)23-25-35(28-14-8-5-9-15-28,29-16-10-6-11-17-29)30-18-12-7-13-19-30/h5-21,23,27,31H,22,24-25H2,1-4H3/q+1. The Morgan fingerprint density at radius 3 is 1.77 bits per heavy atom. The van der Waals surface area contributed by atoms with E-state index in [0.29, 0.717) is 12.2 Å². The summed E-state index contributed by atoms with van der Waals surface area (Å²) in [4.78, 5) is 12.4. The van der Waals surface area contributed by atoms with Gasteiger partial charge < -0.3 is 0 Å². The Balaban J connectivity index is 1.74. The summed E-state index contributed by atoms with van der Waals surface area (Å²) in [5.41, 5.74) is 1.41. The second-order valence-corrected chi connectivity index (χ2v) is 14.1. The summed E-state index contributed by atoms with van der Waals surface area (Å²) in [5, 5.41) is 4.20. The maximum atomic E-state index is 12.4. The van der Waals surface area contributed by atoms with Gasteiger partial charge in [-0.05, 0) is 67.2 Å². The van der Waals surface area contributed by atoms with Crippen molar-refractivity contribution in [2.45, 2.75) is 40.5 Å². The van der Waals surface area contributed by atoms with E-state index in [1.165, 1.54) is 21.5 Å². The average Bonchev–Trinajstić information content (AvgIpc) is 2.89. The van der Waals surface area contributed by atoms with Crippen molar-refractivity contribution in [3.05, 3.63) is 115 Å². The van der Waals surface area contributed by atoms with Crippen molar-refractivity contribution in [1.29, 1.82) is 0 Å². The van der Waals surface area contributed by atoms with Crippen molar-refractivity contribution in [2.24, 2.45) is 17.3 Å². The van der Waals surface area contributed by atoms with Gasteiger partial charge in [0.25, 0.3) is 0 Å². The number of rotatable bonds is 7. The lowest BCUT2D eigenvalue weighted by Gasteiger charge is -2.40. The fourth-order valence-electron chi connectivity index (χ4n) is 5.56. The van der Waals surface area contributed by atoms with Gasteiger partial charge >= 0.3 is 0 Å². The molecule has 35 heavy (non-hydrogen) atoms. The first kappa shape index (κ1) is 25.3. The molecule has 0 saturated heterocycles. The van der Waals surface area contributed by atoms with Crippen LogP contribution in [0, 0.1) is 17.3 Å². The van der Waals surface area contributed by atoms with Crippen LogP contribution >= 0.6 is 7.26 Å². The molecule has 0 spiro atoms. The molecule has 3 aromatic rings. The Labute approximate surface area is 212 Å². The normalized spacial score (nSPS) is 20.8. The van der Waals surface area contributed by atoms with E-state index in [9.17, 15) is 4.79 Å². The Morgan fingerprint density at radius 1 is 0.857 bits per heavy atom. The van der Waals surface area contributed by atoms with E-state index >= 15 is 0 Å². The van der Waals surface area contributed by atoms with E-state index in [2.05, 4.69) is 137 Å². The maximum Gasteiger partial charge on any atom is 0.136 e. The number of allylic oxidation sites excluding steroid dienone is 4. The molecule has 0 amide bonds. The van der Waals surface area contributed by atoms with Gasteiger partial charge in [-0.1, -0.05) is 93.1 Å². The summed E-state index contributed by atoms with van der Waals surface area (Å²) >= 11 is 0. The largest absolute Gasteiger partial charge is 0.299 e. The molecule has 0 aromatic heterocycles. The minimum atomic E-state index is -1.87. The van der Waals surface area contributed by atoms with Gasteiger partial charge in [0.15, 0.2) is 0 Å². The van der Waals surface area contributed by atoms with Crippen molar-refractivity contribution in [2.75, 3.05) is 6.16 Å². The lowest BCUT2D eigenvalue weighted by Crippen LogP contribution is -2.37. The zero-order valence-electron chi connectivity index (χ0n) is 21.5. The highest BCUT2D eigenvalue weighted by Crippen LogP contribution is 2.55. The van der Waals surface area contributed by atoms with E-state index < -0.39 is 7.26 Å². The third kappa shape index (κ3) is 5.41. The van der Waals surface area contributed by atoms with Gasteiger partial charge in [-0.25, -0.2) is 0 Å². The minimum absolute atomic E-state index is 0.0901. The van der Waals surface area contributed by atoms with E-state index in [1.54, 1.807) is 0 Å². The van der Waals surface area contributed by atoms with Crippen molar-refractivity contribution >= 4 is 29.0 Å². The minimum Gasteiger partial charge on any atom is -0.299 e. The molecule has 1 saturated carbocycles. The molecule has 0 heterocycles. The molecule has 0 aliphatic heterocycles. The molecule has 3 aromatic carbocycles. The molecule has 1 aliphatic rings. The summed E-state index contributed by atoms with van der Waals surface area (Å²) in [6.45, 7) is 8.92. The van der Waals surface area contributed by atoms with Crippen LogP contribution in [0.15, 0.2) is 115 Å². The third-order valence-electron chi connectivity index (χ3n) is 7.81. The predicted molar refractivity (Wildman–Crippen MR) is 154 cm³/mol. The number of hydrogen-bond donors (Lipinski definition) is 0. The van der Waals surface area contributed by atoms with Crippen molar-refractivity contribution in [3.8, 4) is 0 Å². The summed E-state index contributed by atoms with van der Waals surface area (Å²) in [7, 11) is -1.87. The molecular formula is C33H38OP+. The lowest BCUT2D eigenvalue weighted by atomic mass is 9.63. The van der Waals surface area contributed by atoms with Crippen LogP contribution in [0.5, 0.6) is 0 Å². The quantitative estimate of drug-likeness (QED) is 0.259. The number of ketones is 1. The number of benzene rings is 3. The van der Waals surface area contributed by atoms with Crippen LogP contribution in [0.4, 0.5) is 0 Å². The number of hydrogen-bond acceptors (Lipinski definition) is 1. The second-order valence-electron chi connectivity index (χ2n) is 10.6. The summed E-state index contributed by atoms with van der Waals surface area (Å²) < 4.78 is 0. The summed E-state index contributed by atoms with van der Waals surface area (Å²) in [5.74, 6) is 0.777. The van der Waals surface area contributed by atoms with Crippen LogP contribution in [0.3, 0.4) is 0 Å². The molecule has 1 nitrogen and oxygen atoms in total. The molecule has 0 bridgehead atoms. The van der Waals surface area contributed by atoms with E-state index in [4.69, 9.17) is 0 Å². The van der Waals surface area contributed by atoms with E-state index in [0.717, 1.165) is 12.6 Å². The van der Waals surface area contributed by atoms with Gasteiger partial charge in [0, 0.05) is 12.3 Å². The Morgan fingerprint density at radius 2 is 1.31 bits per heavy atom. The molecule has 2 unspecified atom stereocenters. The van der Waals surface area contributed by atoms with Gasteiger partial charge in [-0.3, -0.25) is 4.79 Å². The molecule has 0 radical (unpaired) electrons. The average molecular weight is 482 g/mol. The fourth-order valence-corrected chi connectivity index (χ4v) is 9.69. The SMILES string of the molecule is CC(C=CC1C(C)C(=O)CCC1(C)C)=CC[P+](c1ccccc1)(c1ccccc1)c1ccccc1. The van der Waals surface area contributed by atoms with E-state index in [1.807, 2.05) is 0 Å². The molecule has 1 fully saturated rings. The maximum absolute atomic E-state index is 12.4. The molecule has 1 aliphatic carbocycles. The van der Waals surface area contributed by atoms with Gasteiger partial charge in [0.2, 0.25) is 0 Å². The van der Waals surface area contributed by atoms with Gasteiger partial charge in [-0.2, -0.15) is 0 Å². The second kappa shape index (κ2) is 10.9. The zero-order valence-corrected chi connectivity index (χ0v) is 22.4. The Kier molecular flexibility index (Phi) is 7.88. The Bertz CT molecular complexity index is 1080. The Hall–Kier alpha value is -2.76. The summed E-state index contributed by atoms with van der Waals surface area (Å²) in [6.07, 6.45) is 9.63. The number of Topliss-reactive ketones (excluding diaryl/α,β-unsaturated/α-hetero) is 1. The zero-order chi connectivity index (χ0) is 24.9. The summed E-state index contributed by atoms with van der Waals surface area (Å²) in [6, 6.07) is 33.1. The highest BCUT2D eigenvalue weighted by atomic mass is 31.2. The van der Waals surface area contributed by atoms with Crippen molar-refractivity contribution < 1.29 is 4.79 Å². The topological polar surface area (TPSA) is 17.1 Å². The monoisotopic (exact) mass is 481 g/mol.